The minimum Gasteiger partial charge on any atom is -0.454 e. The number of rotatable bonds is 7. The van der Waals surface area contributed by atoms with E-state index in [0.717, 1.165) is 36.0 Å². The Hall–Kier alpha value is -2.50. The van der Waals surface area contributed by atoms with Crippen molar-refractivity contribution in [2.45, 2.75) is 26.2 Å². The van der Waals surface area contributed by atoms with E-state index in [1.54, 1.807) is 6.20 Å². The number of hydrogen-bond acceptors (Lipinski definition) is 6. The monoisotopic (exact) mass is 300 g/mol. The fourth-order valence-electron chi connectivity index (χ4n) is 2.21. The number of nitrogens with one attached hydrogen (secondary N) is 2. The Morgan fingerprint density at radius 1 is 1.14 bits per heavy atom. The van der Waals surface area contributed by atoms with Crippen molar-refractivity contribution in [2.75, 3.05) is 24.0 Å². The molecule has 2 N–H and O–H groups in total. The molecular formula is C16H20N4O2. The highest BCUT2D eigenvalue weighted by Crippen LogP contribution is 2.34. The second-order valence-electron chi connectivity index (χ2n) is 5.09. The molecule has 1 aromatic heterocycles. The van der Waals surface area contributed by atoms with Crippen LogP contribution >= 0.6 is 0 Å². The fraction of sp³-hybridized carbons (Fsp3) is 0.375. The van der Waals surface area contributed by atoms with Gasteiger partial charge in [-0.3, -0.25) is 0 Å². The largest absolute Gasteiger partial charge is 0.454 e. The summed E-state index contributed by atoms with van der Waals surface area (Å²) in [6.45, 7) is 3.35. The second kappa shape index (κ2) is 6.98. The van der Waals surface area contributed by atoms with Crippen LogP contribution in [0.4, 0.5) is 17.5 Å². The zero-order chi connectivity index (χ0) is 15.2. The van der Waals surface area contributed by atoms with E-state index in [4.69, 9.17) is 9.47 Å². The first-order chi connectivity index (χ1) is 10.8. The van der Waals surface area contributed by atoms with Gasteiger partial charge in [0.05, 0.1) is 0 Å². The number of benzene rings is 1. The van der Waals surface area contributed by atoms with E-state index in [-0.39, 0.29) is 6.79 Å². The summed E-state index contributed by atoms with van der Waals surface area (Å²) in [5.41, 5.74) is 0.903. The van der Waals surface area contributed by atoms with Gasteiger partial charge < -0.3 is 20.1 Å². The molecule has 1 aromatic carbocycles. The third-order valence-corrected chi connectivity index (χ3v) is 3.36. The Morgan fingerprint density at radius 2 is 2.05 bits per heavy atom. The highest BCUT2D eigenvalue weighted by atomic mass is 16.7. The van der Waals surface area contributed by atoms with Gasteiger partial charge in [-0.2, -0.15) is 4.98 Å². The summed E-state index contributed by atoms with van der Waals surface area (Å²) in [5.74, 6) is 2.90. The Balaban J connectivity index is 1.62. The van der Waals surface area contributed by atoms with Crippen LogP contribution in [0.3, 0.4) is 0 Å². The maximum absolute atomic E-state index is 5.37. The summed E-state index contributed by atoms with van der Waals surface area (Å²) < 4.78 is 10.7. The number of hydrogen-bond donors (Lipinski definition) is 2. The van der Waals surface area contributed by atoms with E-state index in [0.29, 0.717) is 5.95 Å². The molecule has 0 spiro atoms. The van der Waals surface area contributed by atoms with E-state index in [9.17, 15) is 0 Å². The third-order valence-electron chi connectivity index (χ3n) is 3.36. The number of ether oxygens (including phenoxy) is 2. The van der Waals surface area contributed by atoms with Crippen LogP contribution in [0.15, 0.2) is 30.5 Å². The van der Waals surface area contributed by atoms with Crippen LogP contribution in [0.5, 0.6) is 11.5 Å². The van der Waals surface area contributed by atoms with Crippen LogP contribution in [0.2, 0.25) is 0 Å². The minimum absolute atomic E-state index is 0.276. The SMILES string of the molecule is CCCCCNc1nccc(Nc2ccc3c(c2)OCO3)n1. The Morgan fingerprint density at radius 3 is 2.95 bits per heavy atom. The van der Waals surface area contributed by atoms with Crippen LogP contribution in [0.25, 0.3) is 0 Å². The first-order valence-electron chi connectivity index (χ1n) is 7.59. The van der Waals surface area contributed by atoms with Crippen molar-refractivity contribution >= 4 is 17.5 Å². The molecule has 0 unspecified atom stereocenters. The summed E-state index contributed by atoms with van der Waals surface area (Å²) in [7, 11) is 0. The molecule has 0 fully saturated rings. The smallest absolute Gasteiger partial charge is 0.231 e. The highest BCUT2D eigenvalue weighted by molar-refractivity contribution is 5.62. The van der Waals surface area contributed by atoms with Crippen molar-refractivity contribution in [2.24, 2.45) is 0 Å². The standard InChI is InChI=1S/C16H20N4O2/c1-2-3-4-8-17-16-18-9-7-15(20-16)19-12-5-6-13-14(10-12)22-11-21-13/h5-7,9-10H,2-4,8,11H2,1H3,(H2,17,18,19,20). The van der Waals surface area contributed by atoms with Crippen LogP contribution in [-0.4, -0.2) is 23.3 Å². The number of unbranched alkanes of at least 4 members (excludes halogenated alkanes) is 2. The second-order valence-corrected chi connectivity index (χ2v) is 5.09. The van der Waals surface area contributed by atoms with E-state index in [1.165, 1.54) is 12.8 Å². The van der Waals surface area contributed by atoms with Gasteiger partial charge in [-0.15, -0.1) is 0 Å². The average molecular weight is 300 g/mol. The van der Waals surface area contributed by atoms with Crippen molar-refractivity contribution in [1.82, 2.24) is 9.97 Å². The van der Waals surface area contributed by atoms with Crippen molar-refractivity contribution in [3.63, 3.8) is 0 Å². The lowest BCUT2D eigenvalue weighted by Gasteiger charge is -2.08. The fourth-order valence-corrected chi connectivity index (χ4v) is 2.21. The van der Waals surface area contributed by atoms with Gasteiger partial charge in [0.1, 0.15) is 5.82 Å². The number of fused-ring (bicyclic) bond motifs is 1. The maximum atomic E-state index is 5.37. The van der Waals surface area contributed by atoms with Crippen molar-refractivity contribution in [3.8, 4) is 11.5 Å². The Labute approximate surface area is 129 Å². The number of nitrogens with zero attached hydrogens (tertiary/aromatic N) is 2. The van der Waals surface area contributed by atoms with Crippen LogP contribution in [0, 0.1) is 0 Å². The zero-order valence-electron chi connectivity index (χ0n) is 12.6. The van der Waals surface area contributed by atoms with Crippen LogP contribution < -0.4 is 20.1 Å². The quantitative estimate of drug-likeness (QED) is 0.762. The normalized spacial score (nSPS) is 12.2. The van der Waals surface area contributed by atoms with Gasteiger partial charge in [-0.25, -0.2) is 4.98 Å². The molecule has 3 rings (SSSR count). The Bertz CT molecular complexity index is 633. The van der Waals surface area contributed by atoms with E-state index >= 15 is 0 Å². The molecule has 0 radical (unpaired) electrons. The molecule has 2 aromatic rings. The van der Waals surface area contributed by atoms with Gasteiger partial charge in [-0.05, 0) is 24.6 Å². The first kappa shape index (κ1) is 14.4. The molecule has 22 heavy (non-hydrogen) atoms. The topological polar surface area (TPSA) is 68.3 Å². The molecule has 0 amide bonds. The van der Waals surface area contributed by atoms with Crippen molar-refractivity contribution < 1.29 is 9.47 Å². The van der Waals surface area contributed by atoms with Gasteiger partial charge in [0.15, 0.2) is 11.5 Å². The van der Waals surface area contributed by atoms with Crippen LogP contribution in [0.1, 0.15) is 26.2 Å². The lowest BCUT2D eigenvalue weighted by Crippen LogP contribution is -2.06. The highest BCUT2D eigenvalue weighted by Gasteiger charge is 2.13. The molecular weight excluding hydrogens is 280 g/mol. The predicted octanol–water partition coefficient (Wildman–Crippen LogP) is 3.55. The molecule has 0 atom stereocenters. The van der Waals surface area contributed by atoms with Crippen LogP contribution in [-0.2, 0) is 0 Å². The zero-order valence-corrected chi connectivity index (χ0v) is 12.6. The summed E-state index contributed by atoms with van der Waals surface area (Å²) in [6, 6.07) is 7.56. The van der Waals surface area contributed by atoms with E-state index in [2.05, 4.69) is 27.5 Å². The van der Waals surface area contributed by atoms with Crippen molar-refractivity contribution in [3.05, 3.63) is 30.5 Å². The summed E-state index contributed by atoms with van der Waals surface area (Å²) in [5, 5.41) is 6.49. The van der Waals surface area contributed by atoms with E-state index < -0.39 is 0 Å². The molecule has 1 aliphatic heterocycles. The summed E-state index contributed by atoms with van der Waals surface area (Å²) in [4.78, 5) is 8.68. The molecule has 116 valence electrons. The van der Waals surface area contributed by atoms with Gasteiger partial charge >= 0.3 is 0 Å². The molecule has 6 nitrogen and oxygen atoms in total. The average Bonchev–Trinajstić information content (AvgIpc) is 3.00. The van der Waals surface area contributed by atoms with Crippen molar-refractivity contribution in [1.29, 1.82) is 0 Å². The molecule has 1 aliphatic rings. The lowest BCUT2D eigenvalue weighted by atomic mass is 10.2. The molecule has 0 saturated heterocycles. The molecule has 0 saturated carbocycles. The molecule has 0 bridgehead atoms. The Kier molecular flexibility index (Phi) is 4.58. The van der Waals surface area contributed by atoms with Gasteiger partial charge in [0, 0.05) is 24.5 Å². The van der Waals surface area contributed by atoms with Gasteiger partial charge in [0.25, 0.3) is 0 Å². The third kappa shape index (κ3) is 3.58. The summed E-state index contributed by atoms with van der Waals surface area (Å²) >= 11 is 0. The van der Waals surface area contributed by atoms with E-state index in [1.807, 2.05) is 24.3 Å². The summed E-state index contributed by atoms with van der Waals surface area (Å²) in [6.07, 6.45) is 5.28. The lowest BCUT2D eigenvalue weighted by molar-refractivity contribution is 0.174. The number of aromatic nitrogens is 2. The molecule has 6 heteroatoms. The first-order valence-corrected chi connectivity index (χ1v) is 7.59. The molecule has 2 heterocycles. The number of anilines is 3. The predicted molar refractivity (Wildman–Crippen MR) is 85.9 cm³/mol. The van der Waals surface area contributed by atoms with Gasteiger partial charge in [-0.1, -0.05) is 19.8 Å². The maximum Gasteiger partial charge on any atom is 0.231 e. The van der Waals surface area contributed by atoms with Gasteiger partial charge in [0.2, 0.25) is 12.7 Å². The minimum atomic E-state index is 0.276. The molecule has 0 aliphatic carbocycles.